The van der Waals surface area contributed by atoms with Crippen molar-refractivity contribution in [3.8, 4) is 0 Å². The van der Waals surface area contributed by atoms with Crippen LogP contribution >= 0.6 is 0 Å². The Kier molecular flexibility index (Phi) is 2.26. The Morgan fingerprint density at radius 3 is 2.11 bits per heavy atom. The molecule has 4 fully saturated rings. The van der Waals surface area contributed by atoms with Gasteiger partial charge in [0, 0.05) is 17.8 Å². The van der Waals surface area contributed by atoms with Crippen molar-refractivity contribution in [2.24, 2.45) is 17.8 Å². The van der Waals surface area contributed by atoms with Gasteiger partial charge in [-0.3, -0.25) is 4.98 Å². The zero-order valence-electron chi connectivity index (χ0n) is 10.9. The summed E-state index contributed by atoms with van der Waals surface area (Å²) in [5, 5.41) is 9.36. The summed E-state index contributed by atoms with van der Waals surface area (Å²) >= 11 is 0. The number of carboxylic acids is 1. The molecule has 4 bridgehead atoms. The molecule has 0 aliphatic heterocycles. The lowest BCUT2D eigenvalue weighted by atomic mass is 9.48. The summed E-state index contributed by atoms with van der Waals surface area (Å²) in [4.78, 5) is 19.9. The minimum atomic E-state index is -0.932. The Morgan fingerprint density at radius 1 is 1.05 bits per heavy atom. The summed E-state index contributed by atoms with van der Waals surface area (Å²) in [6, 6.07) is 0. The van der Waals surface area contributed by atoms with Crippen molar-refractivity contribution in [3.63, 3.8) is 0 Å². The van der Waals surface area contributed by atoms with E-state index >= 15 is 0 Å². The summed E-state index contributed by atoms with van der Waals surface area (Å²) in [5.74, 6) is 1.43. The molecule has 0 saturated heterocycles. The Balaban J connectivity index is 1.82. The molecule has 1 heterocycles. The maximum absolute atomic E-state index is 11.4. The molecule has 4 nitrogen and oxygen atoms in total. The van der Waals surface area contributed by atoms with E-state index in [0.29, 0.717) is 0 Å². The summed E-state index contributed by atoms with van der Waals surface area (Å²) in [7, 11) is 0. The van der Waals surface area contributed by atoms with Crippen molar-refractivity contribution in [2.45, 2.75) is 43.9 Å². The lowest BCUT2D eigenvalue weighted by molar-refractivity contribution is -0.00811. The monoisotopic (exact) mass is 258 g/mol. The zero-order valence-corrected chi connectivity index (χ0v) is 10.9. The van der Waals surface area contributed by atoms with Crippen LogP contribution in [0.2, 0.25) is 0 Å². The first-order valence-electron chi connectivity index (χ1n) is 7.21. The highest BCUT2D eigenvalue weighted by molar-refractivity contribution is 5.87. The van der Waals surface area contributed by atoms with Gasteiger partial charge in [-0.2, -0.15) is 0 Å². The van der Waals surface area contributed by atoms with Crippen LogP contribution in [-0.4, -0.2) is 21.0 Å². The quantitative estimate of drug-likeness (QED) is 0.885. The molecule has 5 rings (SSSR count). The normalized spacial score (nSPS) is 39.5. The number of aromatic carboxylic acids is 1. The van der Waals surface area contributed by atoms with Crippen LogP contribution in [0.4, 0.5) is 0 Å². The van der Waals surface area contributed by atoms with Gasteiger partial charge < -0.3 is 5.11 Å². The van der Waals surface area contributed by atoms with E-state index in [1.54, 1.807) is 6.20 Å². The Bertz CT molecular complexity index is 505. The molecule has 1 aromatic heterocycles. The number of carbonyl (C=O) groups is 1. The van der Waals surface area contributed by atoms with Gasteiger partial charge in [-0.05, 0) is 56.3 Å². The van der Waals surface area contributed by atoms with Gasteiger partial charge in [-0.15, -0.1) is 0 Å². The van der Waals surface area contributed by atoms with Crippen LogP contribution in [-0.2, 0) is 5.41 Å². The first-order chi connectivity index (χ1) is 9.16. The molecule has 0 aromatic carbocycles. The molecular formula is C15H18N2O2. The summed E-state index contributed by atoms with van der Waals surface area (Å²) in [6.45, 7) is 0. The topological polar surface area (TPSA) is 63.1 Å². The lowest BCUT2D eigenvalue weighted by Gasteiger charge is -2.56. The molecule has 0 unspecified atom stereocenters. The smallest absolute Gasteiger partial charge is 0.356 e. The van der Waals surface area contributed by atoms with Gasteiger partial charge in [0.2, 0.25) is 0 Å². The highest BCUT2D eigenvalue weighted by Crippen LogP contribution is 2.60. The highest BCUT2D eigenvalue weighted by Gasteiger charge is 2.53. The van der Waals surface area contributed by atoms with Crippen molar-refractivity contribution >= 4 is 5.97 Å². The summed E-state index contributed by atoms with van der Waals surface area (Å²) < 4.78 is 0. The second kappa shape index (κ2) is 3.78. The second-order valence-electron chi connectivity index (χ2n) is 6.76. The predicted molar refractivity (Wildman–Crippen MR) is 68.8 cm³/mol. The molecule has 1 aromatic rings. The van der Waals surface area contributed by atoms with Gasteiger partial charge >= 0.3 is 5.97 Å². The van der Waals surface area contributed by atoms with E-state index in [-0.39, 0.29) is 11.1 Å². The average molecular weight is 258 g/mol. The molecule has 0 amide bonds. The highest BCUT2D eigenvalue weighted by atomic mass is 16.4. The Labute approximate surface area is 112 Å². The van der Waals surface area contributed by atoms with Gasteiger partial charge in [0.1, 0.15) is 0 Å². The predicted octanol–water partition coefficient (Wildman–Crippen LogP) is 2.64. The van der Waals surface area contributed by atoms with Crippen molar-refractivity contribution < 1.29 is 9.90 Å². The summed E-state index contributed by atoms with van der Waals surface area (Å²) in [6.07, 6.45) is 10.6. The van der Waals surface area contributed by atoms with Crippen LogP contribution in [0.3, 0.4) is 0 Å². The van der Waals surface area contributed by atoms with Crippen molar-refractivity contribution in [1.29, 1.82) is 0 Å². The van der Waals surface area contributed by atoms with Gasteiger partial charge in [-0.1, -0.05) is 0 Å². The van der Waals surface area contributed by atoms with Crippen LogP contribution in [0.15, 0.2) is 12.4 Å². The fraction of sp³-hybridized carbons (Fsp3) is 0.667. The minimum absolute atomic E-state index is 0.0106. The molecule has 1 N–H and O–H groups in total. The zero-order chi connectivity index (χ0) is 13.0. The Hall–Kier alpha value is -1.45. The summed E-state index contributed by atoms with van der Waals surface area (Å²) in [5.41, 5.74) is 0.961. The largest absolute Gasteiger partial charge is 0.476 e. The first-order valence-corrected chi connectivity index (χ1v) is 7.21. The van der Waals surface area contributed by atoms with E-state index < -0.39 is 5.97 Å². The minimum Gasteiger partial charge on any atom is -0.476 e. The van der Waals surface area contributed by atoms with Crippen LogP contribution in [0, 0.1) is 17.8 Å². The fourth-order valence-corrected chi connectivity index (χ4v) is 5.28. The van der Waals surface area contributed by atoms with E-state index in [1.807, 2.05) is 0 Å². The molecule has 0 radical (unpaired) electrons. The fourth-order valence-electron chi connectivity index (χ4n) is 5.28. The average Bonchev–Trinajstić information content (AvgIpc) is 2.37. The van der Waals surface area contributed by atoms with Gasteiger partial charge in [0.15, 0.2) is 5.69 Å². The first kappa shape index (κ1) is 11.4. The SMILES string of the molecule is O=C(O)c1nccnc1C12CC3CC(CC(C3)C1)C2. The maximum Gasteiger partial charge on any atom is 0.356 e. The van der Waals surface area contributed by atoms with Crippen LogP contribution < -0.4 is 0 Å². The van der Waals surface area contributed by atoms with Gasteiger partial charge in [0.05, 0.1) is 5.69 Å². The van der Waals surface area contributed by atoms with E-state index in [1.165, 1.54) is 25.5 Å². The van der Waals surface area contributed by atoms with E-state index in [2.05, 4.69) is 9.97 Å². The molecule has 0 spiro atoms. The Morgan fingerprint density at radius 2 is 1.58 bits per heavy atom. The van der Waals surface area contributed by atoms with Crippen molar-refractivity contribution in [3.05, 3.63) is 23.8 Å². The maximum atomic E-state index is 11.4. The van der Waals surface area contributed by atoms with Crippen molar-refractivity contribution in [1.82, 2.24) is 9.97 Å². The molecule has 4 saturated carbocycles. The molecular weight excluding hydrogens is 240 g/mol. The lowest BCUT2D eigenvalue weighted by Crippen LogP contribution is -2.49. The van der Waals surface area contributed by atoms with Gasteiger partial charge in [0.25, 0.3) is 0 Å². The molecule has 4 aliphatic carbocycles. The number of carboxylic acid groups (broad SMARTS) is 1. The molecule has 4 heteroatoms. The number of aromatic nitrogens is 2. The second-order valence-corrected chi connectivity index (χ2v) is 6.76. The van der Waals surface area contributed by atoms with E-state index in [0.717, 1.165) is 42.7 Å². The van der Waals surface area contributed by atoms with Crippen LogP contribution in [0.5, 0.6) is 0 Å². The third-order valence-corrected chi connectivity index (χ3v) is 5.44. The third kappa shape index (κ3) is 1.62. The number of nitrogens with zero attached hydrogens (tertiary/aromatic N) is 2. The van der Waals surface area contributed by atoms with Crippen LogP contribution in [0.1, 0.15) is 54.7 Å². The van der Waals surface area contributed by atoms with E-state index in [4.69, 9.17) is 0 Å². The third-order valence-electron chi connectivity index (χ3n) is 5.44. The molecule has 100 valence electrons. The molecule has 0 atom stereocenters. The van der Waals surface area contributed by atoms with Crippen molar-refractivity contribution in [2.75, 3.05) is 0 Å². The van der Waals surface area contributed by atoms with Gasteiger partial charge in [-0.25, -0.2) is 9.78 Å². The molecule has 19 heavy (non-hydrogen) atoms. The standard InChI is InChI=1S/C15H18N2O2/c18-14(19)12-13(17-2-1-16-12)15-6-9-3-10(7-15)5-11(4-9)8-15/h1-2,9-11H,3-8H2,(H,18,19). The number of hydrogen-bond donors (Lipinski definition) is 1. The van der Waals surface area contributed by atoms with Crippen LogP contribution in [0.25, 0.3) is 0 Å². The molecule has 4 aliphatic rings. The number of rotatable bonds is 2. The van der Waals surface area contributed by atoms with E-state index in [9.17, 15) is 9.90 Å². The number of hydrogen-bond acceptors (Lipinski definition) is 3.